The molecule has 166 valence electrons. The number of hydrogen-bond acceptors (Lipinski definition) is 5. The molecule has 0 radical (unpaired) electrons. The van der Waals surface area contributed by atoms with Crippen LogP contribution in [0.5, 0.6) is 5.75 Å². The summed E-state index contributed by atoms with van der Waals surface area (Å²) in [6.07, 6.45) is 1.51. The van der Waals surface area contributed by atoms with E-state index in [0.29, 0.717) is 30.0 Å². The van der Waals surface area contributed by atoms with E-state index in [9.17, 15) is 19.2 Å². The fourth-order valence-corrected chi connectivity index (χ4v) is 4.24. The third-order valence-corrected chi connectivity index (χ3v) is 5.94. The Kier molecular flexibility index (Phi) is 5.69. The number of amides is 4. The van der Waals surface area contributed by atoms with Crippen LogP contribution in [-0.4, -0.2) is 54.3 Å². The average molecular weight is 435 g/mol. The number of anilines is 1. The molecule has 8 heteroatoms. The molecule has 0 bridgehead atoms. The summed E-state index contributed by atoms with van der Waals surface area (Å²) in [6, 6.07) is 13.4. The first kappa shape index (κ1) is 21.5. The predicted octanol–water partition coefficient (Wildman–Crippen LogP) is 2.56. The fourth-order valence-electron chi connectivity index (χ4n) is 4.24. The molecule has 0 spiro atoms. The highest BCUT2D eigenvalue weighted by Gasteiger charge is 2.48. The number of Topliss-reactive ketones (excluding diaryl/α,β-unsaturated/α-hetero) is 1. The van der Waals surface area contributed by atoms with Gasteiger partial charge in [-0.3, -0.25) is 19.3 Å². The Labute approximate surface area is 186 Å². The van der Waals surface area contributed by atoms with Crippen LogP contribution < -0.4 is 15.0 Å². The number of carbonyl (C=O) groups is 4. The molecule has 0 aromatic heterocycles. The minimum atomic E-state index is -1.18. The first-order valence-corrected chi connectivity index (χ1v) is 10.5. The first-order valence-electron chi connectivity index (χ1n) is 10.5. The molecule has 1 atom stereocenters. The maximum Gasteiger partial charge on any atom is 0.325 e. The predicted molar refractivity (Wildman–Crippen MR) is 118 cm³/mol. The Balaban J connectivity index is 1.50. The Morgan fingerprint density at radius 2 is 1.91 bits per heavy atom. The van der Waals surface area contributed by atoms with Gasteiger partial charge in [0.25, 0.3) is 5.91 Å². The van der Waals surface area contributed by atoms with Crippen LogP contribution in [-0.2, 0) is 16.0 Å². The Morgan fingerprint density at radius 3 is 2.62 bits per heavy atom. The molecule has 0 aliphatic carbocycles. The summed E-state index contributed by atoms with van der Waals surface area (Å²) in [4.78, 5) is 53.2. The van der Waals surface area contributed by atoms with Crippen LogP contribution in [0.3, 0.4) is 0 Å². The molecule has 2 aromatic rings. The second-order valence-electron chi connectivity index (χ2n) is 8.26. The zero-order valence-corrected chi connectivity index (χ0v) is 18.1. The summed E-state index contributed by atoms with van der Waals surface area (Å²) in [5.74, 6) is -0.189. The van der Waals surface area contributed by atoms with Gasteiger partial charge in [-0.15, -0.1) is 0 Å². The molecule has 1 N–H and O–H groups in total. The summed E-state index contributed by atoms with van der Waals surface area (Å²) in [5.41, 5.74) is 0.593. The van der Waals surface area contributed by atoms with Crippen molar-refractivity contribution >= 4 is 29.3 Å². The standard InChI is InChI=1S/C24H25N3O5/c1-24(14-17-7-3-4-10-20(17)32-2)22(30)27(23(31)25-24)15-19(28)16-8-5-9-18(13-16)26-12-6-11-21(26)29/h3-5,7-10,13H,6,11-12,14-15H2,1-2H3,(H,25,31). The lowest BCUT2D eigenvalue weighted by atomic mass is 9.92. The number of hydrogen-bond donors (Lipinski definition) is 1. The van der Waals surface area contributed by atoms with Crippen LogP contribution in [0.1, 0.15) is 35.7 Å². The van der Waals surface area contributed by atoms with Gasteiger partial charge in [0.2, 0.25) is 5.91 Å². The van der Waals surface area contributed by atoms with Gasteiger partial charge in [-0.2, -0.15) is 0 Å². The number of ketones is 1. The molecule has 0 saturated carbocycles. The van der Waals surface area contributed by atoms with Crippen molar-refractivity contribution in [1.29, 1.82) is 0 Å². The van der Waals surface area contributed by atoms with E-state index in [2.05, 4.69) is 5.32 Å². The van der Waals surface area contributed by atoms with Gasteiger partial charge in [-0.1, -0.05) is 30.3 Å². The third-order valence-electron chi connectivity index (χ3n) is 5.94. The molecule has 8 nitrogen and oxygen atoms in total. The van der Waals surface area contributed by atoms with Crippen molar-refractivity contribution in [2.45, 2.75) is 31.7 Å². The SMILES string of the molecule is COc1ccccc1CC1(C)NC(=O)N(CC(=O)c2cccc(N3CCCC3=O)c2)C1=O. The lowest BCUT2D eigenvalue weighted by molar-refractivity contribution is -0.130. The van der Waals surface area contributed by atoms with Crippen molar-refractivity contribution in [1.82, 2.24) is 10.2 Å². The van der Waals surface area contributed by atoms with E-state index in [0.717, 1.165) is 16.9 Å². The Hall–Kier alpha value is -3.68. The largest absolute Gasteiger partial charge is 0.496 e. The zero-order valence-electron chi connectivity index (χ0n) is 18.1. The topological polar surface area (TPSA) is 96.0 Å². The van der Waals surface area contributed by atoms with Crippen LogP contribution in [0, 0.1) is 0 Å². The highest BCUT2D eigenvalue weighted by Crippen LogP contribution is 2.28. The number of carbonyl (C=O) groups excluding carboxylic acids is 4. The zero-order chi connectivity index (χ0) is 22.9. The van der Waals surface area contributed by atoms with E-state index < -0.39 is 17.5 Å². The molecule has 4 rings (SSSR count). The van der Waals surface area contributed by atoms with Crippen LogP contribution in [0.4, 0.5) is 10.5 Å². The van der Waals surface area contributed by atoms with E-state index in [1.807, 2.05) is 18.2 Å². The molecule has 2 aliphatic rings. The highest BCUT2D eigenvalue weighted by molar-refractivity contribution is 6.11. The molecule has 2 saturated heterocycles. The number of ether oxygens (including phenoxy) is 1. The second kappa shape index (κ2) is 8.45. The Bertz CT molecular complexity index is 1100. The number of rotatable bonds is 7. The van der Waals surface area contributed by atoms with E-state index in [4.69, 9.17) is 4.74 Å². The van der Waals surface area contributed by atoms with Gasteiger partial charge in [-0.25, -0.2) is 4.79 Å². The van der Waals surface area contributed by atoms with Crippen molar-refractivity contribution in [3.8, 4) is 5.75 Å². The average Bonchev–Trinajstić information content (AvgIpc) is 3.30. The lowest BCUT2D eigenvalue weighted by Gasteiger charge is -2.22. The van der Waals surface area contributed by atoms with Gasteiger partial charge in [0, 0.05) is 30.6 Å². The van der Waals surface area contributed by atoms with Crippen molar-refractivity contribution in [2.75, 3.05) is 25.1 Å². The summed E-state index contributed by atoms with van der Waals surface area (Å²) in [5, 5.41) is 2.73. The van der Waals surface area contributed by atoms with Crippen molar-refractivity contribution < 1.29 is 23.9 Å². The Morgan fingerprint density at radius 1 is 1.12 bits per heavy atom. The van der Waals surface area contributed by atoms with Crippen molar-refractivity contribution in [2.24, 2.45) is 0 Å². The van der Waals surface area contributed by atoms with Gasteiger partial charge in [-0.05, 0) is 37.1 Å². The number of urea groups is 1. The summed E-state index contributed by atoms with van der Waals surface area (Å²) in [7, 11) is 1.55. The van der Waals surface area contributed by atoms with E-state index in [-0.39, 0.29) is 24.7 Å². The number of imide groups is 1. The number of methoxy groups -OCH3 is 1. The number of benzene rings is 2. The maximum atomic E-state index is 13.1. The molecule has 2 aromatic carbocycles. The van der Waals surface area contributed by atoms with Crippen molar-refractivity contribution in [3.63, 3.8) is 0 Å². The molecule has 2 fully saturated rings. The summed E-state index contributed by atoms with van der Waals surface area (Å²) < 4.78 is 5.35. The molecular formula is C24H25N3O5. The fraction of sp³-hybridized carbons (Fsp3) is 0.333. The van der Waals surface area contributed by atoms with Gasteiger partial charge < -0.3 is 15.0 Å². The van der Waals surface area contributed by atoms with Gasteiger partial charge >= 0.3 is 6.03 Å². The minimum absolute atomic E-state index is 0.0239. The molecule has 1 unspecified atom stereocenters. The summed E-state index contributed by atoms with van der Waals surface area (Å²) >= 11 is 0. The van der Waals surface area contributed by atoms with Crippen LogP contribution in [0.15, 0.2) is 48.5 Å². The summed E-state index contributed by atoms with van der Waals surface area (Å²) in [6.45, 7) is 1.89. The molecule has 2 aliphatic heterocycles. The first-order chi connectivity index (χ1) is 15.3. The highest BCUT2D eigenvalue weighted by atomic mass is 16.5. The van der Waals surface area contributed by atoms with E-state index in [1.165, 1.54) is 0 Å². The number of nitrogens with one attached hydrogen (secondary N) is 1. The maximum absolute atomic E-state index is 13.1. The third kappa shape index (κ3) is 3.95. The number of para-hydroxylation sites is 1. The van der Waals surface area contributed by atoms with Crippen LogP contribution in [0.2, 0.25) is 0 Å². The van der Waals surface area contributed by atoms with Crippen LogP contribution in [0.25, 0.3) is 0 Å². The normalized spacial score (nSPS) is 20.6. The van der Waals surface area contributed by atoms with Crippen LogP contribution >= 0.6 is 0 Å². The second-order valence-corrected chi connectivity index (χ2v) is 8.26. The van der Waals surface area contributed by atoms with Gasteiger partial charge in [0.15, 0.2) is 5.78 Å². The molecule has 32 heavy (non-hydrogen) atoms. The monoisotopic (exact) mass is 435 g/mol. The van der Waals surface area contributed by atoms with Crippen molar-refractivity contribution in [3.05, 3.63) is 59.7 Å². The van der Waals surface area contributed by atoms with Gasteiger partial charge in [0.1, 0.15) is 11.3 Å². The lowest BCUT2D eigenvalue weighted by Crippen LogP contribution is -2.46. The van der Waals surface area contributed by atoms with Gasteiger partial charge in [0.05, 0.1) is 13.7 Å². The minimum Gasteiger partial charge on any atom is -0.496 e. The molecule has 4 amide bonds. The molecular weight excluding hydrogens is 410 g/mol. The smallest absolute Gasteiger partial charge is 0.325 e. The van der Waals surface area contributed by atoms with E-state index in [1.54, 1.807) is 49.3 Å². The van der Waals surface area contributed by atoms with E-state index >= 15 is 0 Å². The quantitative estimate of drug-likeness (QED) is 0.533. The number of nitrogens with zero attached hydrogens (tertiary/aromatic N) is 2. The molecule has 2 heterocycles.